The van der Waals surface area contributed by atoms with Crippen LogP contribution in [0.4, 0.5) is 0 Å². The van der Waals surface area contributed by atoms with Crippen LogP contribution in [0.3, 0.4) is 0 Å². The van der Waals surface area contributed by atoms with Crippen molar-refractivity contribution in [3.63, 3.8) is 0 Å². The number of carbonyl (C=O) groups excluding carboxylic acids is 2. The standard InChI is InChI=1S/C37H47N5O3/c1-5-6-24-41(36(45)32(38)25-27-15-21-31(43)22-16-27)35(44)14-9-7-8-12-30-26-34(33-13-10-11-23-39-33)40-42(30)29-19-17-28(18-20-29)37(2,3)4/h10-11,13,15-23,26,32,43H,5-9,12,14,24-25,38H2,1-4H3/t32-/m0/s1. The first kappa shape index (κ1) is 33.6. The number of unbranched alkanes of at least 4 members (excludes halogenated alkanes) is 3. The highest BCUT2D eigenvalue weighted by Gasteiger charge is 2.26. The van der Waals surface area contributed by atoms with E-state index in [9.17, 15) is 14.7 Å². The quantitative estimate of drug-likeness (QED) is 0.153. The second-order valence-electron chi connectivity index (χ2n) is 12.7. The fraction of sp³-hybridized carbons (Fsp3) is 0.405. The Kier molecular flexibility index (Phi) is 11.7. The van der Waals surface area contributed by atoms with E-state index in [-0.39, 0.29) is 23.0 Å². The van der Waals surface area contributed by atoms with Crippen LogP contribution in [0.1, 0.15) is 83.0 Å². The van der Waals surface area contributed by atoms with Crippen molar-refractivity contribution in [1.82, 2.24) is 19.7 Å². The van der Waals surface area contributed by atoms with E-state index in [0.717, 1.165) is 60.4 Å². The van der Waals surface area contributed by atoms with Crippen molar-refractivity contribution in [1.29, 1.82) is 0 Å². The van der Waals surface area contributed by atoms with Gasteiger partial charge < -0.3 is 10.8 Å². The lowest BCUT2D eigenvalue weighted by Crippen LogP contribution is -2.48. The third-order valence-corrected chi connectivity index (χ3v) is 8.02. The van der Waals surface area contributed by atoms with E-state index in [1.165, 1.54) is 10.5 Å². The zero-order chi connectivity index (χ0) is 32.4. The predicted octanol–water partition coefficient (Wildman–Crippen LogP) is 6.77. The van der Waals surface area contributed by atoms with Crippen molar-refractivity contribution in [2.45, 2.75) is 90.5 Å². The molecule has 0 fully saturated rings. The molecule has 0 radical (unpaired) electrons. The molecule has 0 spiro atoms. The number of phenols is 1. The molecule has 0 bridgehead atoms. The van der Waals surface area contributed by atoms with Gasteiger partial charge in [0.05, 0.1) is 17.4 Å². The minimum atomic E-state index is -0.818. The van der Waals surface area contributed by atoms with Crippen LogP contribution < -0.4 is 5.73 Å². The van der Waals surface area contributed by atoms with E-state index in [4.69, 9.17) is 10.8 Å². The van der Waals surface area contributed by atoms with Crippen molar-refractivity contribution < 1.29 is 14.7 Å². The van der Waals surface area contributed by atoms with Crippen LogP contribution in [0.25, 0.3) is 17.1 Å². The van der Waals surface area contributed by atoms with Gasteiger partial charge in [-0.15, -0.1) is 0 Å². The molecule has 2 amide bonds. The molecule has 2 heterocycles. The number of hydrogen-bond donors (Lipinski definition) is 2. The Hall–Kier alpha value is -4.30. The van der Waals surface area contributed by atoms with E-state index in [2.05, 4.69) is 56.1 Å². The Balaban J connectivity index is 1.38. The number of nitrogens with zero attached hydrogens (tertiary/aromatic N) is 4. The summed E-state index contributed by atoms with van der Waals surface area (Å²) in [6.07, 6.45) is 7.20. The lowest BCUT2D eigenvalue weighted by molar-refractivity contribution is -0.145. The van der Waals surface area contributed by atoms with E-state index >= 15 is 0 Å². The van der Waals surface area contributed by atoms with Crippen LogP contribution >= 0.6 is 0 Å². The van der Waals surface area contributed by atoms with Gasteiger partial charge in [0.2, 0.25) is 11.8 Å². The van der Waals surface area contributed by atoms with Crippen molar-refractivity contribution in [3.05, 3.63) is 95.8 Å². The van der Waals surface area contributed by atoms with Crippen molar-refractivity contribution in [2.75, 3.05) is 6.54 Å². The van der Waals surface area contributed by atoms with Crippen LogP contribution in [-0.4, -0.2) is 49.2 Å². The second kappa shape index (κ2) is 15.6. The van der Waals surface area contributed by atoms with E-state index in [1.807, 2.05) is 29.8 Å². The summed E-state index contributed by atoms with van der Waals surface area (Å²) in [6.45, 7) is 9.02. The summed E-state index contributed by atoms with van der Waals surface area (Å²) in [4.78, 5) is 32.3. The van der Waals surface area contributed by atoms with Gasteiger partial charge in [-0.25, -0.2) is 4.68 Å². The average Bonchev–Trinajstić information content (AvgIpc) is 3.46. The number of phenolic OH excluding ortho intramolecular Hbond substituents is 1. The highest BCUT2D eigenvalue weighted by Crippen LogP contribution is 2.26. The fourth-order valence-corrected chi connectivity index (χ4v) is 5.31. The van der Waals surface area contributed by atoms with Gasteiger partial charge in [0.1, 0.15) is 11.4 Å². The van der Waals surface area contributed by atoms with Crippen LogP contribution in [0.2, 0.25) is 0 Å². The highest BCUT2D eigenvalue weighted by atomic mass is 16.3. The molecule has 2 aromatic carbocycles. The lowest BCUT2D eigenvalue weighted by Gasteiger charge is -2.24. The van der Waals surface area contributed by atoms with Gasteiger partial charge in [0.15, 0.2) is 0 Å². The van der Waals surface area contributed by atoms with Crippen molar-refractivity contribution in [2.24, 2.45) is 5.73 Å². The van der Waals surface area contributed by atoms with Gasteiger partial charge in [-0.05, 0) is 91.1 Å². The summed E-state index contributed by atoms with van der Waals surface area (Å²) in [5.41, 5.74) is 12.2. The molecule has 238 valence electrons. The SMILES string of the molecule is CCCCN(C(=O)CCCCCc1cc(-c2ccccn2)nn1-c1ccc(C(C)(C)C)cc1)C(=O)[C@@H](N)Cc1ccc(O)cc1. The lowest BCUT2D eigenvalue weighted by atomic mass is 9.87. The maximum Gasteiger partial charge on any atom is 0.246 e. The average molecular weight is 610 g/mol. The first-order chi connectivity index (χ1) is 21.6. The maximum absolute atomic E-state index is 13.2. The fourth-order valence-electron chi connectivity index (χ4n) is 5.31. The topological polar surface area (TPSA) is 114 Å². The molecule has 2 aromatic heterocycles. The second-order valence-corrected chi connectivity index (χ2v) is 12.7. The number of nitrogens with two attached hydrogens (primary N) is 1. The molecule has 1 atom stereocenters. The van der Waals surface area contributed by atoms with Crippen LogP contribution in [-0.2, 0) is 27.8 Å². The number of rotatable bonds is 14. The number of imide groups is 1. The van der Waals surface area contributed by atoms with Crippen LogP contribution in [0.15, 0.2) is 79.0 Å². The van der Waals surface area contributed by atoms with E-state index in [1.54, 1.807) is 30.5 Å². The van der Waals surface area contributed by atoms with Crippen LogP contribution in [0, 0.1) is 0 Å². The summed E-state index contributed by atoms with van der Waals surface area (Å²) >= 11 is 0. The molecule has 0 saturated carbocycles. The largest absolute Gasteiger partial charge is 0.508 e. The monoisotopic (exact) mass is 609 g/mol. The Labute approximate surface area is 267 Å². The number of benzene rings is 2. The summed E-state index contributed by atoms with van der Waals surface area (Å²) in [6, 6.07) is 22.3. The van der Waals surface area contributed by atoms with Gasteiger partial charge in [-0.1, -0.05) is 70.9 Å². The smallest absolute Gasteiger partial charge is 0.246 e. The predicted molar refractivity (Wildman–Crippen MR) is 179 cm³/mol. The molecule has 45 heavy (non-hydrogen) atoms. The minimum Gasteiger partial charge on any atom is -0.508 e. The molecule has 0 aliphatic rings. The molecule has 4 rings (SSSR count). The van der Waals surface area contributed by atoms with Gasteiger partial charge in [0, 0.05) is 24.9 Å². The zero-order valence-electron chi connectivity index (χ0n) is 27.1. The summed E-state index contributed by atoms with van der Waals surface area (Å²) in [7, 11) is 0. The molecule has 8 nitrogen and oxygen atoms in total. The summed E-state index contributed by atoms with van der Waals surface area (Å²) in [5.74, 6) is -0.354. The molecule has 0 unspecified atom stereocenters. The third-order valence-electron chi connectivity index (χ3n) is 8.02. The number of carbonyl (C=O) groups is 2. The molecular weight excluding hydrogens is 562 g/mol. The number of hydrogen-bond acceptors (Lipinski definition) is 6. The first-order valence-electron chi connectivity index (χ1n) is 16.1. The van der Waals surface area contributed by atoms with Gasteiger partial charge >= 0.3 is 0 Å². The number of aryl methyl sites for hydroxylation is 1. The molecular formula is C37H47N5O3. The zero-order valence-corrected chi connectivity index (χ0v) is 27.1. The van der Waals surface area contributed by atoms with E-state index < -0.39 is 6.04 Å². The molecule has 4 aromatic rings. The first-order valence-corrected chi connectivity index (χ1v) is 16.1. The normalized spacial score (nSPS) is 12.2. The van der Waals surface area contributed by atoms with Crippen LogP contribution in [0.5, 0.6) is 5.75 Å². The van der Waals surface area contributed by atoms with Gasteiger partial charge in [-0.3, -0.25) is 19.5 Å². The highest BCUT2D eigenvalue weighted by molar-refractivity contribution is 5.97. The summed E-state index contributed by atoms with van der Waals surface area (Å²) < 4.78 is 2.00. The number of aromatic nitrogens is 3. The van der Waals surface area contributed by atoms with Gasteiger partial charge in [0.25, 0.3) is 0 Å². The van der Waals surface area contributed by atoms with Gasteiger partial charge in [-0.2, -0.15) is 5.10 Å². The Morgan fingerprint density at radius 1 is 0.933 bits per heavy atom. The minimum absolute atomic E-state index is 0.0661. The van der Waals surface area contributed by atoms with Crippen molar-refractivity contribution in [3.8, 4) is 22.8 Å². The number of amides is 2. The van der Waals surface area contributed by atoms with E-state index in [0.29, 0.717) is 25.8 Å². The molecule has 0 saturated heterocycles. The Morgan fingerprint density at radius 3 is 2.31 bits per heavy atom. The molecule has 3 N–H and O–H groups in total. The Morgan fingerprint density at radius 2 is 1.67 bits per heavy atom. The maximum atomic E-state index is 13.2. The number of pyridine rings is 1. The molecule has 8 heteroatoms. The Bertz CT molecular complexity index is 1520. The molecule has 0 aliphatic heterocycles. The molecule has 0 aliphatic carbocycles. The third kappa shape index (κ3) is 9.35. The summed E-state index contributed by atoms with van der Waals surface area (Å²) in [5, 5.41) is 14.5. The van der Waals surface area contributed by atoms with Crippen molar-refractivity contribution >= 4 is 11.8 Å². The number of aromatic hydroxyl groups is 1.